The minimum absolute atomic E-state index is 0.0294. The zero-order valence-corrected chi connectivity index (χ0v) is 13.7. The molecule has 0 fully saturated rings. The van der Waals surface area contributed by atoms with E-state index in [2.05, 4.69) is 0 Å². The fourth-order valence-corrected chi connectivity index (χ4v) is 2.59. The Hall–Kier alpha value is -2.07. The van der Waals surface area contributed by atoms with E-state index in [1.54, 1.807) is 12.1 Å². The summed E-state index contributed by atoms with van der Waals surface area (Å²) in [6.07, 6.45) is 0.558. The first-order valence-corrected chi connectivity index (χ1v) is 8.02. The van der Waals surface area contributed by atoms with Crippen molar-refractivity contribution in [2.24, 2.45) is 5.73 Å². The van der Waals surface area contributed by atoms with Crippen LogP contribution in [-0.4, -0.2) is 19.8 Å². The fourth-order valence-electron chi connectivity index (χ4n) is 2.59. The van der Waals surface area contributed by atoms with Crippen LogP contribution in [0.4, 0.5) is 4.39 Å². The van der Waals surface area contributed by atoms with E-state index >= 15 is 0 Å². The monoisotopic (exact) mass is 317 g/mol. The molecule has 0 aromatic heterocycles. The molecule has 0 saturated carbocycles. The lowest BCUT2D eigenvalue weighted by Gasteiger charge is -2.18. The van der Waals surface area contributed by atoms with E-state index in [1.807, 2.05) is 38.1 Å². The van der Waals surface area contributed by atoms with Crippen molar-refractivity contribution in [1.82, 2.24) is 0 Å². The normalized spacial score (nSPS) is 12.0. The number of rotatable bonds is 8. The van der Waals surface area contributed by atoms with Crippen molar-refractivity contribution in [2.45, 2.75) is 26.2 Å². The average Bonchev–Trinajstić information content (AvgIpc) is 2.56. The van der Waals surface area contributed by atoms with Crippen molar-refractivity contribution in [3.63, 3.8) is 0 Å². The maximum absolute atomic E-state index is 13.9. The third-order valence-electron chi connectivity index (χ3n) is 3.75. The predicted molar refractivity (Wildman–Crippen MR) is 90.7 cm³/mol. The van der Waals surface area contributed by atoms with E-state index in [0.29, 0.717) is 37.5 Å². The standard InChI is InChI=1S/C19H24FNO2/c1-3-22-18-10-9-14(12-19(18)23-4-2)16(13-21)11-15-7-5-6-8-17(15)20/h5-10,12,16H,3-4,11,13,21H2,1-2H3. The van der Waals surface area contributed by atoms with E-state index in [9.17, 15) is 4.39 Å². The Labute approximate surface area is 137 Å². The second-order valence-electron chi connectivity index (χ2n) is 5.30. The van der Waals surface area contributed by atoms with Gasteiger partial charge >= 0.3 is 0 Å². The van der Waals surface area contributed by atoms with Gasteiger partial charge in [0.05, 0.1) is 13.2 Å². The number of hydrogen-bond donors (Lipinski definition) is 1. The minimum Gasteiger partial charge on any atom is -0.490 e. The van der Waals surface area contributed by atoms with Crippen molar-refractivity contribution in [3.05, 3.63) is 59.4 Å². The molecule has 0 radical (unpaired) electrons. The van der Waals surface area contributed by atoms with Crippen molar-refractivity contribution >= 4 is 0 Å². The molecule has 0 saturated heterocycles. The number of nitrogens with two attached hydrogens (primary N) is 1. The van der Waals surface area contributed by atoms with Crippen molar-refractivity contribution < 1.29 is 13.9 Å². The molecule has 0 aliphatic carbocycles. The van der Waals surface area contributed by atoms with Crippen molar-refractivity contribution in [2.75, 3.05) is 19.8 Å². The van der Waals surface area contributed by atoms with E-state index in [-0.39, 0.29) is 11.7 Å². The highest BCUT2D eigenvalue weighted by Gasteiger charge is 2.16. The molecular formula is C19H24FNO2. The summed E-state index contributed by atoms with van der Waals surface area (Å²) in [6, 6.07) is 12.6. The highest BCUT2D eigenvalue weighted by atomic mass is 19.1. The summed E-state index contributed by atoms with van der Waals surface area (Å²) < 4.78 is 25.1. The van der Waals surface area contributed by atoms with Gasteiger partial charge in [-0.3, -0.25) is 0 Å². The lowest BCUT2D eigenvalue weighted by atomic mass is 9.91. The molecule has 0 spiro atoms. The molecule has 1 unspecified atom stereocenters. The maximum Gasteiger partial charge on any atom is 0.161 e. The van der Waals surface area contributed by atoms with Gasteiger partial charge in [-0.05, 0) is 56.1 Å². The van der Waals surface area contributed by atoms with Crippen LogP contribution in [-0.2, 0) is 6.42 Å². The van der Waals surface area contributed by atoms with Crippen LogP contribution in [0.25, 0.3) is 0 Å². The number of ether oxygens (including phenoxy) is 2. The molecule has 4 heteroatoms. The average molecular weight is 317 g/mol. The van der Waals surface area contributed by atoms with Crippen LogP contribution in [0.5, 0.6) is 11.5 Å². The lowest BCUT2D eigenvalue weighted by molar-refractivity contribution is 0.287. The first-order valence-electron chi connectivity index (χ1n) is 8.02. The Morgan fingerprint density at radius 3 is 2.35 bits per heavy atom. The van der Waals surface area contributed by atoms with Gasteiger partial charge in [0, 0.05) is 5.92 Å². The summed E-state index contributed by atoms with van der Waals surface area (Å²) in [5.74, 6) is 1.27. The van der Waals surface area contributed by atoms with Gasteiger partial charge in [0.15, 0.2) is 11.5 Å². The molecule has 0 heterocycles. The van der Waals surface area contributed by atoms with Crippen molar-refractivity contribution in [3.8, 4) is 11.5 Å². The van der Waals surface area contributed by atoms with Crippen LogP contribution in [0, 0.1) is 5.82 Å². The van der Waals surface area contributed by atoms with Crippen LogP contribution in [0.1, 0.15) is 30.9 Å². The summed E-state index contributed by atoms with van der Waals surface area (Å²) in [4.78, 5) is 0. The molecule has 1 atom stereocenters. The van der Waals surface area contributed by atoms with Gasteiger partial charge in [0.25, 0.3) is 0 Å². The quantitative estimate of drug-likeness (QED) is 0.803. The van der Waals surface area contributed by atoms with Crippen LogP contribution >= 0.6 is 0 Å². The smallest absolute Gasteiger partial charge is 0.161 e. The molecule has 124 valence electrons. The molecule has 2 N–H and O–H groups in total. The number of halogens is 1. The SMILES string of the molecule is CCOc1ccc(C(CN)Cc2ccccc2F)cc1OCC. The van der Waals surface area contributed by atoms with Gasteiger partial charge in [0.1, 0.15) is 5.82 Å². The third-order valence-corrected chi connectivity index (χ3v) is 3.75. The summed E-state index contributed by atoms with van der Waals surface area (Å²) in [5, 5.41) is 0. The van der Waals surface area contributed by atoms with E-state index in [1.165, 1.54) is 6.07 Å². The Morgan fingerprint density at radius 1 is 1.00 bits per heavy atom. The Balaban J connectivity index is 2.26. The Kier molecular flexibility index (Phi) is 6.41. The third kappa shape index (κ3) is 4.45. The van der Waals surface area contributed by atoms with Crippen molar-refractivity contribution in [1.29, 1.82) is 0 Å². The van der Waals surface area contributed by atoms with E-state index in [0.717, 1.165) is 11.3 Å². The van der Waals surface area contributed by atoms with Gasteiger partial charge in [-0.15, -0.1) is 0 Å². The van der Waals surface area contributed by atoms with Gasteiger partial charge in [0.2, 0.25) is 0 Å². The molecule has 0 amide bonds. The summed E-state index contributed by atoms with van der Waals surface area (Å²) in [5.41, 5.74) is 7.63. The molecule has 0 aliphatic heterocycles. The Bertz CT molecular complexity index is 631. The van der Waals surface area contributed by atoms with E-state index in [4.69, 9.17) is 15.2 Å². The van der Waals surface area contributed by atoms with Crippen LogP contribution in [0.2, 0.25) is 0 Å². The van der Waals surface area contributed by atoms with Gasteiger partial charge in [-0.25, -0.2) is 4.39 Å². The molecule has 2 aromatic rings. The van der Waals surface area contributed by atoms with Gasteiger partial charge in [-0.2, -0.15) is 0 Å². The van der Waals surface area contributed by atoms with Gasteiger partial charge in [-0.1, -0.05) is 24.3 Å². The molecule has 0 bridgehead atoms. The van der Waals surface area contributed by atoms with Gasteiger partial charge < -0.3 is 15.2 Å². The minimum atomic E-state index is -0.193. The zero-order valence-electron chi connectivity index (χ0n) is 13.7. The molecular weight excluding hydrogens is 293 g/mol. The lowest BCUT2D eigenvalue weighted by Crippen LogP contribution is -2.16. The Morgan fingerprint density at radius 2 is 1.70 bits per heavy atom. The number of benzene rings is 2. The predicted octanol–water partition coefficient (Wildman–Crippen LogP) is 3.91. The second-order valence-corrected chi connectivity index (χ2v) is 5.30. The van der Waals surface area contributed by atoms with E-state index < -0.39 is 0 Å². The highest BCUT2D eigenvalue weighted by Crippen LogP contribution is 2.32. The van der Waals surface area contributed by atoms with Crippen LogP contribution in [0.3, 0.4) is 0 Å². The van der Waals surface area contributed by atoms with Crippen LogP contribution in [0.15, 0.2) is 42.5 Å². The second kappa shape index (κ2) is 8.53. The first kappa shape index (κ1) is 17.3. The molecule has 2 rings (SSSR count). The summed E-state index contributed by atoms with van der Waals surface area (Å²) >= 11 is 0. The molecule has 2 aromatic carbocycles. The molecule has 23 heavy (non-hydrogen) atoms. The molecule has 3 nitrogen and oxygen atoms in total. The maximum atomic E-state index is 13.9. The molecule has 0 aliphatic rings. The summed E-state index contributed by atoms with van der Waals surface area (Å²) in [7, 11) is 0. The fraction of sp³-hybridized carbons (Fsp3) is 0.368. The topological polar surface area (TPSA) is 44.5 Å². The van der Waals surface area contributed by atoms with Crippen LogP contribution < -0.4 is 15.2 Å². The zero-order chi connectivity index (χ0) is 16.7. The first-order chi connectivity index (χ1) is 11.2. The number of hydrogen-bond acceptors (Lipinski definition) is 3. The summed E-state index contributed by atoms with van der Waals surface area (Å²) in [6.45, 7) is 5.44. The highest BCUT2D eigenvalue weighted by molar-refractivity contribution is 5.44. The largest absolute Gasteiger partial charge is 0.490 e.